The molecule has 0 saturated heterocycles. The molecular weight excluding hydrogens is 254 g/mol. The maximum Gasteiger partial charge on any atom is 0.270 e. The predicted octanol–water partition coefficient (Wildman–Crippen LogP) is 3.42. The molecule has 0 unspecified atom stereocenters. The maximum absolute atomic E-state index is 5.82. The van der Waals surface area contributed by atoms with Crippen LogP contribution in [0.3, 0.4) is 0 Å². The third kappa shape index (κ3) is 1.75. The lowest BCUT2D eigenvalue weighted by molar-refractivity contribution is 0.433. The Labute approximate surface area is 106 Å². The van der Waals surface area contributed by atoms with E-state index in [1.165, 1.54) is 11.3 Å². The van der Waals surface area contributed by atoms with E-state index in [0.29, 0.717) is 17.4 Å². The first kappa shape index (κ1) is 10.5. The van der Waals surface area contributed by atoms with Gasteiger partial charge in [0.2, 0.25) is 5.82 Å². The third-order valence-electron chi connectivity index (χ3n) is 2.41. The van der Waals surface area contributed by atoms with E-state index in [1.54, 1.807) is 11.3 Å². The largest absolute Gasteiger partial charge is 0.397 e. The minimum Gasteiger partial charge on any atom is -0.397 e. The molecule has 0 fully saturated rings. The van der Waals surface area contributed by atoms with Gasteiger partial charge in [0.05, 0.1) is 5.69 Å². The number of hydrogen-bond acceptors (Lipinski definition) is 6. The van der Waals surface area contributed by atoms with Gasteiger partial charge in [0.15, 0.2) is 0 Å². The number of hydrogen-bond donors (Lipinski definition) is 1. The van der Waals surface area contributed by atoms with E-state index in [4.69, 9.17) is 10.3 Å². The van der Waals surface area contributed by atoms with Crippen LogP contribution in [0, 0.1) is 6.92 Å². The average molecular weight is 263 g/mol. The fraction of sp³-hybridized carbons (Fsp3) is 0.0909. The number of aryl methyl sites for hydroxylation is 1. The summed E-state index contributed by atoms with van der Waals surface area (Å²) in [4.78, 5) is 5.21. The first-order chi connectivity index (χ1) is 8.25. The maximum atomic E-state index is 5.82. The van der Waals surface area contributed by atoms with Gasteiger partial charge in [-0.3, -0.25) is 0 Å². The van der Waals surface area contributed by atoms with Gasteiger partial charge in [0, 0.05) is 10.9 Å². The predicted molar refractivity (Wildman–Crippen MR) is 70.1 cm³/mol. The van der Waals surface area contributed by atoms with E-state index in [9.17, 15) is 0 Å². The lowest BCUT2D eigenvalue weighted by atomic mass is 10.2. The third-order valence-corrected chi connectivity index (χ3v) is 4.19. The van der Waals surface area contributed by atoms with E-state index in [1.807, 2.05) is 23.8 Å². The number of aromatic nitrogens is 2. The Morgan fingerprint density at radius 3 is 2.88 bits per heavy atom. The smallest absolute Gasteiger partial charge is 0.270 e. The molecule has 3 heterocycles. The summed E-state index contributed by atoms with van der Waals surface area (Å²) in [5.74, 6) is 1.10. The molecule has 0 atom stereocenters. The minimum absolute atomic E-state index is 0.484. The van der Waals surface area contributed by atoms with Gasteiger partial charge in [-0.15, -0.1) is 11.3 Å². The first-order valence-electron chi connectivity index (χ1n) is 4.96. The second kappa shape index (κ2) is 3.97. The molecule has 0 aliphatic heterocycles. The number of nitrogen functional groups attached to an aromatic ring is 1. The lowest BCUT2D eigenvalue weighted by Gasteiger charge is -1.90. The van der Waals surface area contributed by atoms with E-state index in [2.05, 4.69) is 15.5 Å². The molecule has 6 heteroatoms. The van der Waals surface area contributed by atoms with Gasteiger partial charge in [-0.1, -0.05) is 5.16 Å². The summed E-state index contributed by atoms with van der Waals surface area (Å²) >= 11 is 3.13. The van der Waals surface area contributed by atoms with Crippen molar-refractivity contribution in [1.82, 2.24) is 10.1 Å². The molecule has 4 nitrogen and oxygen atoms in total. The van der Waals surface area contributed by atoms with Crippen LogP contribution in [0.25, 0.3) is 22.2 Å². The molecular formula is C11H9N3OS2. The standard InChI is InChI=1S/C11H9N3OS2/c1-6-4-16-5-7(6)10-13-11(15-14-10)9-8(12)2-3-17-9/h2-5H,12H2,1H3. The number of anilines is 1. The van der Waals surface area contributed by atoms with Crippen molar-refractivity contribution in [3.8, 4) is 22.2 Å². The van der Waals surface area contributed by atoms with Crippen molar-refractivity contribution in [1.29, 1.82) is 0 Å². The van der Waals surface area contributed by atoms with Gasteiger partial charge < -0.3 is 10.3 Å². The van der Waals surface area contributed by atoms with Crippen molar-refractivity contribution in [2.45, 2.75) is 6.92 Å². The van der Waals surface area contributed by atoms with Crippen molar-refractivity contribution in [2.75, 3.05) is 5.73 Å². The summed E-state index contributed by atoms with van der Waals surface area (Å²) in [5.41, 5.74) is 8.66. The van der Waals surface area contributed by atoms with Gasteiger partial charge in [-0.25, -0.2) is 0 Å². The molecule has 0 bridgehead atoms. The molecule has 86 valence electrons. The van der Waals surface area contributed by atoms with Crippen molar-refractivity contribution in [2.24, 2.45) is 0 Å². The van der Waals surface area contributed by atoms with Crippen LogP contribution in [-0.2, 0) is 0 Å². The van der Waals surface area contributed by atoms with Crippen molar-refractivity contribution in [3.05, 3.63) is 27.8 Å². The highest BCUT2D eigenvalue weighted by Crippen LogP contribution is 2.32. The van der Waals surface area contributed by atoms with Crippen LogP contribution in [0.1, 0.15) is 5.56 Å². The van der Waals surface area contributed by atoms with E-state index < -0.39 is 0 Å². The van der Waals surface area contributed by atoms with Gasteiger partial charge in [0.25, 0.3) is 5.89 Å². The second-order valence-electron chi connectivity index (χ2n) is 3.60. The van der Waals surface area contributed by atoms with Crippen LogP contribution in [0.2, 0.25) is 0 Å². The van der Waals surface area contributed by atoms with Crippen molar-refractivity contribution >= 4 is 28.4 Å². The summed E-state index contributed by atoms with van der Waals surface area (Å²) in [5, 5.41) is 9.97. The zero-order chi connectivity index (χ0) is 11.8. The Kier molecular flexibility index (Phi) is 2.45. The second-order valence-corrected chi connectivity index (χ2v) is 5.26. The quantitative estimate of drug-likeness (QED) is 0.769. The fourth-order valence-electron chi connectivity index (χ4n) is 1.51. The molecule has 0 aliphatic carbocycles. The molecule has 2 N–H and O–H groups in total. The van der Waals surface area contributed by atoms with Crippen LogP contribution in [0.5, 0.6) is 0 Å². The molecule has 0 saturated carbocycles. The zero-order valence-corrected chi connectivity index (χ0v) is 10.6. The Bertz CT molecular complexity index is 598. The number of nitrogens with two attached hydrogens (primary N) is 1. The highest BCUT2D eigenvalue weighted by Gasteiger charge is 2.15. The Balaban J connectivity index is 2.05. The summed E-state index contributed by atoms with van der Waals surface area (Å²) < 4.78 is 5.24. The molecule has 0 amide bonds. The summed E-state index contributed by atoms with van der Waals surface area (Å²) in [6.07, 6.45) is 0. The van der Waals surface area contributed by atoms with Crippen molar-refractivity contribution in [3.63, 3.8) is 0 Å². The minimum atomic E-state index is 0.484. The number of nitrogens with zero attached hydrogens (tertiary/aromatic N) is 2. The number of thiophene rings is 2. The fourth-order valence-corrected chi connectivity index (χ4v) is 3.07. The molecule has 3 rings (SSSR count). The van der Waals surface area contributed by atoms with E-state index in [0.717, 1.165) is 16.0 Å². The molecule has 3 aromatic heterocycles. The van der Waals surface area contributed by atoms with Gasteiger partial charge in [-0.2, -0.15) is 16.3 Å². The first-order valence-corrected chi connectivity index (χ1v) is 6.78. The van der Waals surface area contributed by atoms with Crippen LogP contribution in [0.4, 0.5) is 5.69 Å². The summed E-state index contributed by atoms with van der Waals surface area (Å²) in [6.45, 7) is 2.03. The monoisotopic (exact) mass is 263 g/mol. The summed E-state index contributed by atoms with van der Waals surface area (Å²) in [7, 11) is 0. The topological polar surface area (TPSA) is 64.9 Å². The highest BCUT2D eigenvalue weighted by molar-refractivity contribution is 7.14. The zero-order valence-electron chi connectivity index (χ0n) is 9.01. The molecule has 0 radical (unpaired) electrons. The van der Waals surface area contributed by atoms with Gasteiger partial charge >= 0.3 is 0 Å². The van der Waals surface area contributed by atoms with Gasteiger partial charge in [-0.05, 0) is 29.3 Å². The van der Waals surface area contributed by atoms with Crippen LogP contribution >= 0.6 is 22.7 Å². The van der Waals surface area contributed by atoms with Crippen LogP contribution in [-0.4, -0.2) is 10.1 Å². The number of rotatable bonds is 2. The molecule has 0 aromatic carbocycles. The molecule has 17 heavy (non-hydrogen) atoms. The van der Waals surface area contributed by atoms with Crippen LogP contribution < -0.4 is 5.73 Å². The van der Waals surface area contributed by atoms with E-state index >= 15 is 0 Å². The molecule has 0 spiro atoms. The SMILES string of the molecule is Cc1cscc1-c1noc(-c2sccc2N)n1. The summed E-state index contributed by atoms with van der Waals surface area (Å²) in [6, 6.07) is 1.83. The van der Waals surface area contributed by atoms with Crippen LogP contribution in [0.15, 0.2) is 26.7 Å². The van der Waals surface area contributed by atoms with Crippen molar-refractivity contribution < 1.29 is 4.52 Å². The Morgan fingerprint density at radius 2 is 2.24 bits per heavy atom. The molecule has 3 aromatic rings. The lowest BCUT2D eigenvalue weighted by Crippen LogP contribution is -1.84. The highest BCUT2D eigenvalue weighted by atomic mass is 32.1. The normalized spacial score (nSPS) is 10.9. The Hall–Kier alpha value is -1.66. The Morgan fingerprint density at radius 1 is 1.35 bits per heavy atom. The molecule has 0 aliphatic rings. The van der Waals surface area contributed by atoms with E-state index in [-0.39, 0.29) is 0 Å². The van der Waals surface area contributed by atoms with Gasteiger partial charge in [0.1, 0.15) is 4.88 Å². The average Bonchev–Trinajstić information content (AvgIpc) is 2.97.